The van der Waals surface area contributed by atoms with Gasteiger partial charge in [0, 0.05) is 29.2 Å². The van der Waals surface area contributed by atoms with Crippen molar-refractivity contribution < 1.29 is 4.79 Å². The van der Waals surface area contributed by atoms with Crippen molar-refractivity contribution in [1.82, 2.24) is 4.57 Å². The molecule has 1 heterocycles. The number of benzene rings is 1. The molecule has 0 aliphatic heterocycles. The number of hydrogen-bond acceptors (Lipinski definition) is 1. The van der Waals surface area contributed by atoms with Gasteiger partial charge in [0.2, 0.25) is 0 Å². The minimum atomic E-state index is 0.706. The summed E-state index contributed by atoms with van der Waals surface area (Å²) < 4.78 is 2.04. The Hall–Kier alpha value is -1.54. The van der Waals surface area contributed by atoms with Crippen molar-refractivity contribution >= 4 is 28.8 Å². The Balaban J connectivity index is 2.58. The van der Waals surface area contributed by atoms with Crippen LogP contribution in [0.5, 0.6) is 0 Å². The highest BCUT2D eigenvalue weighted by atomic mass is 35.5. The lowest BCUT2D eigenvalue weighted by Crippen LogP contribution is -1.99. The number of aldehydes is 1. The second-order valence-electron chi connectivity index (χ2n) is 3.80. The number of carbonyl (C=O) groups is 1. The topological polar surface area (TPSA) is 22.0 Å². The molecule has 0 N–H and O–H groups in total. The van der Waals surface area contributed by atoms with Gasteiger partial charge < -0.3 is 4.57 Å². The quantitative estimate of drug-likeness (QED) is 0.743. The van der Waals surface area contributed by atoms with Gasteiger partial charge in [0.15, 0.2) is 6.29 Å². The number of hydrogen-bond donors (Lipinski definition) is 0. The summed E-state index contributed by atoms with van der Waals surface area (Å²) in [6, 6.07) is 7.72. The Morgan fingerprint density at radius 3 is 2.94 bits per heavy atom. The zero-order valence-electron chi connectivity index (χ0n) is 8.98. The standard InChI is InChI=1S/C13H12ClNO/c1-10(7-14)8-15-6-5-11-3-2-4-12(9-16)13(11)15/h2-7,9H,8H2,1H3/b10-7-. The van der Waals surface area contributed by atoms with Crippen molar-refractivity contribution in [2.45, 2.75) is 13.5 Å². The van der Waals surface area contributed by atoms with E-state index in [2.05, 4.69) is 0 Å². The summed E-state index contributed by atoms with van der Waals surface area (Å²) in [6.07, 6.45) is 2.86. The van der Waals surface area contributed by atoms with Gasteiger partial charge in [-0.25, -0.2) is 0 Å². The smallest absolute Gasteiger partial charge is 0.152 e. The molecule has 0 amide bonds. The number of halogens is 1. The molecule has 0 spiro atoms. The summed E-state index contributed by atoms with van der Waals surface area (Å²) in [5.74, 6) is 0. The van der Waals surface area contributed by atoms with Gasteiger partial charge in [0.1, 0.15) is 0 Å². The first-order chi connectivity index (χ1) is 7.76. The minimum absolute atomic E-state index is 0.706. The zero-order valence-corrected chi connectivity index (χ0v) is 9.74. The molecule has 82 valence electrons. The molecule has 0 bridgehead atoms. The van der Waals surface area contributed by atoms with Crippen LogP contribution in [-0.2, 0) is 6.54 Å². The molecule has 16 heavy (non-hydrogen) atoms. The first-order valence-corrected chi connectivity index (χ1v) is 5.49. The van der Waals surface area contributed by atoms with E-state index in [1.165, 1.54) is 0 Å². The van der Waals surface area contributed by atoms with Gasteiger partial charge in [-0.2, -0.15) is 0 Å². The maximum atomic E-state index is 11.0. The minimum Gasteiger partial charge on any atom is -0.343 e. The maximum absolute atomic E-state index is 11.0. The number of nitrogens with zero attached hydrogens (tertiary/aromatic N) is 1. The predicted octanol–water partition coefficient (Wildman–Crippen LogP) is 3.60. The van der Waals surface area contributed by atoms with E-state index in [1.54, 1.807) is 5.54 Å². The van der Waals surface area contributed by atoms with Crippen LogP contribution in [-0.4, -0.2) is 10.9 Å². The van der Waals surface area contributed by atoms with E-state index in [1.807, 2.05) is 42.0 Å². The van der Waals surface area contributed by atoms with Crippen molar-refractivity contribution in [3.05, 3.63) is 47.1 Å². The third kappa shape index (κ3) is 1.89. The van der Waals surface area contributed by atoms with Crippen LogP contribution in [0.2, 0.25) is 0 Å². The molecule has 0 aliphatic carbocycles. The first-order valence-electron chi connectivity index (χ1n) is 5.05. The average Bonchev–Trinajstić information content (AvgIpc) is 2.72. The van der Waals surface area contributed by atoms with Gasteiger partial charge in [0.05, 0.1) is 5.52 Å². The summed E-state index contributed by atoms with van der Waals surface area (Å²) in [5.41, 5.74) is 4.30. The molecule has 1 aromatic carbocycles. The monoisotopic (exact) mass is 233 g/mol. The molecule has 0 saturated carbocycles. The van der Waals surface area contributed by atoms with Crippen molar-refractivity contribution in [3.63, 3.8) is 0 Å². The Bertz CT molecular complexity index is 554. The lowest BCUT2D eigenvalue weighted by Gasteiger charge is -2.06. The highest BCUT2D eigenvalue weighted by molar-refractivity contribution is 6.25. The van der Waals surface area contributed by atoms with Crippen molar-refractivity contribution in [3.8, 4) is 0 Å². The first kappa shape index (κ1) is 11.0. The van der Waals surface area contributed by atoms with Crippen LogP contribution < -0.4 is 0 Å². The second kappa shape index (κ2) is 4.54. The molecule has 2 rings (SSSR count). The number of aromatic nitrogens is 1. The van der Waals surface area contributed by atoms with Crippen molar-refractivity contribution in [2.24, 2.45) is 0 Å². The summed E-state index contributed by atoms with van der Waals surface area (Å²) in [5, 5.41) is 1.08. The fourth-order valence-electron chi connectivity index (χ4n) is 1.82. The molecule has 0 aliphatic rings. The highest BCUT2D eigenvalue weighted by Crippen LogP contribution is 2.20. The third-order valence-electron chi connectivity index (χ3n) is 2.55. The Labute approximate surface area is 99.1 Å². The van der Waals surface area contributed by atoms with Crippen LogP contribution in [0.15, 0.2) is 41.6 Å². The van der Waals surface area contributed by atoms with E-state index in [4.69, 9.17) is 11.6 Å². The van der Waals surface area contributed by atoms with Crippen LogP contribution in [0.4, 0.5) is 0 Å². The Kier molecular flexibility index (Phi) is 3.11. The number of rotatable bonds is 3. The lowest BCUT2D eigenvalue weighted by molar-refractivity contribution is 0.112. The number of carbonyl (C=O) groups excluding carboxylic acids is 1. The van der Waals surface area contributed by atoms with Gasteiger partial charge in [-0.05, 0) is 24.6 Å². The molecule has 2 aromatic rings. The number of fused-ring (bicyclic) bond motifs is 1. The van der Waals surface area contributed by atoms with Gasteiger partial charge in [-0.3, -0.25) is 4.79 Å². The molecule has 0 saturated heterocycles. The van der Waals surface area contributed by atoms with Gasteiger partial charge in [0.25, 0.3) is 0 Å². The molecule has 0 fully saturated rings. The van der Waals surface area contributed by atoms with Crippen LogP contribution in [0.3, 0.4) is 0 Å². The predicted molar refractivity (Wildman–Crippen MR) is 66.9 cm³/mol. The lowest BCUT2D eigenvalue weighted by atomic mass is 10.1. The zero-order chi connectivity index (χ0) is 11.5. The van der Waals surface area contributed by atoms with E-state index in [9.17, 15) is 4.79 Å². The maximum Gasteiger partial charge on any atom is 0.152 e. The van der Waals surface area contributed by atoms with Crippen LogP contribution in [0, 0.1) is 0 Å². The Morgan fingerprint density at radius 1 is 1.44 bits per heavy atom. The van der Waals surface area contributed by atoms with Crippen molar-refractivity contribution in [1.29, 1.82) is 0 Å². The van der Waals surface area contributed by atoms with Crippen LogP contribution in [0.1, 0.15) is 17.3 Å². The fourth-order valence-corrected chi connectivity index (χ4v) is 1.89. The molecule has 0 atom stereocenters. The van der Waals surface area contributed by atoms with E-state index >= 15 is 0 Å². The van der Waals surface area contributed by atoms with Gasteiger partial charge >= 0.3 is 0 Å². The summed E-state index contributed by atoms with van der Waals surface area (Å²) in [4.78, 5) is 11.0. The van der Waals surface area contributed by atoms with E-state index < -0.39 is 0 Å². The molecular weight excluding hydrogens is 222 g/mol. The van der Waals surface area contributed by atoms with E-state index in [-0.39, 0.29) is 0 Å². The van der Waals surface area contributed by atoms with Gasteiger partial charge in [-0.15, -0.1) is 0 Å². The largest absolute Gasteiger partial charge is 0.343 e. The van der Waals surface area contributed by atoms with Crippen LogP contribution >= 0.6 is 11.6 Å². The van der Waals surface area contributed by atoms with Gasteiger partial charge in [-0.1, -0.05) is 23.7 Å². The van der Waals surface area contributed by atoms with E-state index in [0.29, 0.717) is 12.1 Å². The molecule has 3 heteroatoms. The number of para-hydroxylation sites is 1. The molecular formula is C13H12ClNO. The third-order valence-corrected chi connectivity index (χ3v) is 2.93. The average molecular weight is 234 g/mol. The SMILES string of the molecule is C/C(=C/Cl)Cn1ccc2cccc(C=O)c21. The summed E-state index contributed by atoms with van der Waals surface area (Å²) >= 11 is 5.65. The normalized spacial score (nSPS) is 12.0. The van der Waals surface area contributed by atoms with E-state index in [0.717, 1.165) is 22.8 Å². The fraction of sp³-hybridized carbons (Fsp3) is 0.154. The molecule has 0 radical (unpaired) electrons. The second-order valence-corrected chi connectivity index (χ2v) is 4.02. The summed E-state index contributed by atoms with van der Waals surface area (Å²) in [7, 11) is 0. The molecule has 0 unspecified atom stereocenters. The Morgan fingerprint density at radius 2 is 2.25 bits per heavy atom. The summed E-state index contributed by atoms with van der Waals surface area (Å²) in [6.45, 7) is 2.67. The highest BCUT2D eigenvalue weighted by Gasteiger charge is 2.05. The molecule has 2 nitrogen and oxygen atoms in total. The molecule has 1 aromatic heterocycles. The number of allylic oxidation sites excluding steroid dienone is 1. The van der Waals surface area contributed by atoms with Crippen molar-refractivity contribution in [2.75, 3.05) is 0 Å². The van der Waals surface area contributed by atoms with Crippen LogP contribution in [0.25, 0.3) is 10.9 Å².